The molecular weight excluding hydrogens is 1390 g/mol. The van der Waals surface area contributed by atoms with Gasteiger partial charge in [-0.15, -0.1) is 0 Å². The number of benzene rings is 3. The topological polar surface area (TPSA) is 328 Å². The number of anilines is 2. The summed E-state index contributed by atoms with van der Waals surface area (Å²) in [6, 6.07) is 20.4. The number of fused-ring (bicyclic) bond motifs is 2. The quantitative estimate of drug-likeness (QED) is 0.0187. The van der Waals surface area contributed by atoms with E-state index >= 15 is 0 Å². The van der Waals surface area contributed by atoms with Crippen LogP contribution >= 0.6 is 0 Å². The molecule has 1 fully saturated rings. The predicted octanol–water partition coefficient (Wildman–Crippen LogP) is 8.26. The van der Waals surface area contributed by atoms with E-state index in [9.17, 15) is 47.9 Å². The van der Waals surface area contributed by atoms with Gasteiger partial charge in [0, 0.05) is 133 Å². The van der Waals surface area contributed by atoms with Crippen molar-refractivity contribution in [1.82, 2.24) is 24.3 Å². The summed E-state index contributed by atoms with van der Waals surface area (Å²) in [5, 5.41) is 8.64. The first-order chi connectivity index (χ1) is 52.2. The van der Waals surface area contributed by atoms with Crippen molar-refractivity contribution in [2.75, 3.05) is 143 Å². The summed E-state index contributed by atoms with van der Waals surface area (Å²) in [7, 11) is 5.05. The number of aromatic nitrogens is 2. The van der Waals surface area contributed by atoms with Crippen molar-refractivity contribution >= 4 is 81.9 Å². The van der Waals surface area contributed by atoms with Gasteiger partial charge < -0.3 is 77.4 Å². The average molecular weight is 1500 g/mol. The first-order valence-electron chi connectivity index (χ1n) is 37.1. The Labute approximate surface area is 630 Å². The number of Topliss-reactive ketones (excluding diaryl/α,β-unsaturated/α-hetero) is 4. The molecule has 5 aromatic rings. The lowest BCUT2D eigenvalue weighted by atomic mass is 9.88. The molecule has 108 heavy (non-hydrogen) atoms. The smallest absolute Gasteiger partial charge is 0.272 e. The van der Waals surface area contributed by atoms with Crippen molar-refractivity contribution in [2.45, 2.75) is 110 Å². The van der Waals surface area contributed by atoms with Crippen LogP contribution in [0.25, 0.3) is 11.1 Å². The lowest BCUT2D eigenvalue weighted by Gasteiger charge is -2.32. The third-order valence-corrected chi connectivity index (χ3v) is 18.4. The van der Waals surface area contributed by atoms with Crippen molar-refractivity contribution in [1.29, 1.82) is 0 Å². The van der Waals surface area contributed by atoms with Gasteiger partial charge in [-0.3, -0.25) is 57.8 Å². The van der Waals surface area contributed by atoms with Gasteiger partial charge in [0.1, 0.15) is 17.3 Å². The molecule has 584 valence electrons. The summed E-state index contributed by atoms with van der Waals surface area (Å²) in [6.07, 6.45) is 12.5. The summed E-state index contributed by atoms with van der Waals surface area (Å²) < 4.78 is 59.3. The number of rotatable bonds is 52. The Balaban J connectivity index is 0.614. The SMILES string of the molecule is COc1cc2c(cc1OCCCC(=O)Nc1cc(C(=O)Cc3ccc(-c4cc(C(=O)Nc5ccc(CC(=O)[C@H](C)NC(=O)[C@@H](CC(=O)CCOCCOCCOCCOCCOCCOCCOCCOCCCC(=O)CCN6C(=O)C=CC6=O)C(C)C)cc5)n(C)c4)cc3)n(C)c1)N=C[C@@H]1CCCCN1C2=O. The second-order valence-corrected chi connectivity index (χ2v) is 26.9. The number of imide groups is 1. The number of carbonyl (C=O) groups is 10. The van der Waals surface area contributed by atoms with Gasteiger partial charge in [-0.25, -0.2) is 0 Å². The molecule has 5 heterocycles. The van der Waals surface area contributed by atoms with Gasteiger partial charge in [0.05, 0.1) is 148 Å². The van der Waals surface area contributed by atoms with E-state index in [-0.39, 0.29) is 135 Å². The van der Waals surface area contributed by atoms with Crippen LogP contribution in [0.5, 0.6) is 11.5 Å². The van der Waals surface area contributed by atoms with Crippen molar-refractivity contribution in [3.63, 3.8) is 0 Å². The van der Waals surface area contributed by atoms with E-state index in [0.717, 1.165) is 40.9 Å². The lowest BCUT2D eigenvalue weighted by Crippen LogP contribution is -2.44. The molecule has 0 saturated carbocycles. The van der Waals surface area contributed by atoms with E-state index in [0.29, 0.717) is 169 Å². The summed E-state index contributed by atoms with van der Waals surface area (Å²) >= 11 is 0. The number of amides is 6. The minimum absolute atomic E-state index is 0.00884. The second-order valence-electron chi connectivity index (χ2n) is 26.9. The van der Waals surface area contributed by atoms with Crippen molar-refractivity contribution < 1.29 is 95.3 Å². The molecule has 0 radical (unpaired) electrons. The van der Waals surface area contributed by atoms with Gasteiger partial charge in [-0.1, -0.05) is 50.2 Å². The molecule has 28 heteroatoms. The summed E-state index contributed by atoms with van der Waals surface area (Å²) in [5.41, 5.74) is 5.96. The molecule has 3 aliphatic heterocycles. The maximum Gasteiger partial charge on any atom is 0.272 e. The van der Waals surface area contributed by atoms with Gasteiger partial charge >= 0.3 is 0 Å². The molecule has 3 aliphatic rings. The molecule has 3 atom stereocenters. The van der Waals surface area contributed by atoms with Crippen LogP contribution in [-0.4, -0.2) is 228 Å². The van der Waals surface area contributed by atoms with Crippen molar-refractivity contribution in [3.05, 3.63) is 125 Å². The van der Waals surface area contributed by atoms with Crippen molar-refractivity contribution in [2.24, 2.45) is 30.9 Å². The van der Waals surface area contributed by atoms with Gasteiger partial charge in [0.2, 0.25) is 11.8 Å². The number of piperidine rings is 1. The minimum atomic E-state index is -0.814. The van der Waals surface area contributed by atoms with Crippen molar-refractivity contribution in [3.8, 4) is 22.6 Å². The molecule has 2 aromatic heterocycles. The third kappa shape index (κ3) is 27.4. The van der Waals surface area contributed by atoms with E-state index in [4.69, 9.17) is 47.4 Å². The van der Waals surface area contributed by atoms with Crippen LogP contribution in [0.3, 0.4) is 0 Å². The number of carbonyl (C=O) groups excluding carboxylic acids is 10. The first kappa shape index (κ1) is 84.2. The number of nitrogens with one attached hydrogen (secondary N) is 3. The summed E-state index contributed by atoms with van der Waals surface area (Å²) in [4.78, 5) is 136. The molecular formula is C80H104N8O20. The average Bonchev–Trinajstić information content (AvgIpc) is 1.64. The van der Waals surface area contributed by atoms with Crippen LogP contribution in [0.2, 0.25) is 0 Å². The van der Waals surface area contributed by atoms with Gasteiger partial charge in [0.15, 0.2) is 23.1 Å². The fourth-order valence-corrected chi connectivity index (χ4v) is 12.2. The molecule has 6 amide bonds. The van der Waals surface area contributed by atoms with Gasteiger partial charge in [-0.05, 0) is 92.0 Å². The van der Waals surface area contributed by atoms with Crippen LogP contribution in [0.1, 0.15) is 127 Å². The Morgan fingerprint density at radius 2 is 1.13 bits per heavy atom. The maximum atomic E-state index is 13.6. The molecule has 0 spiro atoms. The number of ketones is 4. The van der Waals surface area contributed by atoms with Crippen LogP contribution in [-0.2, 0) is 98.4 Å². The fraction of sp³-hybridized carbons (Fsp3) is 0.512. The molecule has 1 saturated heterocycles. The van der Waals surface area contributed by atoms with Gasteiger partial charge in [-0.2, -0.15) is 0 Å². The number of aliphatic imine (C=N–C) groups is 1. The zero-order valence-electron chi connectivity index (χ0n) is 62.9. The number of hydrogen-bond acceptors (Lipinski definition) is 21. The van der Waals surface area contributed by atoms with E-state index in [1.54, 1.807) is 84.9 Å². The lowest BCUT2D eigenvalue weighted by molar-refractivity contribution is -0.137. The highest BCUT2D eigenvalue weighted by molar-refractivity contribution is 6.13. The van der Waals surface area contributed by atoms with E-state index < -0.39 is 12.0 Å². The molecule has 0 aliphatic carbocycles. The third-order valence-electron chi connectivity index (χ3n) is 18.4. The fourth-order valence-electron chi connectivity index (χ4n) is 12.2. The summed E-state index contributed by atoms with van der Waals surface area (Å²) in [5.74, 6) is -2.26. The molecule has 28 nitrogen and oxygen atoms in total. The summed E-state index contributed by atoms with van der Waals surface area (Å²) in [6.45, 7) is 12.4. The Kier molecular flexibility index (Phi) is 34.9. The van der Waals surface area contributed by atoms with Crippen LogP contribution in [0.4, 0.5) is 17.1 Å². The largest absolute Gasteiger partial charge is 0.493 e. The zero-order valence-corrected chi connectivity index (χ0v) is 62.9. The van der Waals surface area contributed by atoms with E-state index in [2.05, 4.69) is 20.9 Å². The minimum Gasteiger partial charge on any atom is -0.493 e. The number of hydrogen-bond donors (Lipinski definition) is 3. The number of ether oxygens (including phenoxy) is 10. The van der Waals surface area contributed by atoms with Crippen LogP contribution in [0, 0.1) is 11.8 Å². The van der Waals surface area contributed by atoms with Crippen LogP contribution < -0.4 is 25.4 Å². The van der Waals surface area contributed by atoms with E-state index in [1.807, 2.05) is 55.4 Å². The molecule has 8 rings (SSSR count). The highest BCUT2D eigenvalue weighted by atomic mass is 16.6. The molecule has 0 bridgehead atoms. The Bertz CT molecular complexity index is 3860. The highest BCUT2D eigenvalue weighted by Crippen LogP contribution is 2.38. The van der Waals surface area contributed by atoms with E-state index in [1.165, 1.54) is 19.3 Å². The Hall–Kier alpha value is -9.39. The second kappa shape index (κ2) is 44.8. The molecule has 0 unspecified atom stereocenters. The maximum absolute atomic E-state index is 13.6. The number of aryl methyl sites for hydroxylation is 2. The zero-order chi connectivity index (χ0) is 77.2. The van der Waals surface area contributed by atoms with Crippen LogP contribution in [0.15, 0.2) is 102 Å². The molecule has 3 N–H and O–H groups in total. The Morgan fingerprint density at radius 1 is 0.556 bits per heavy atom. The first-order valence-corrected chi connectivity index (χ1v) is 37.1. The highest BCUT2D eigenvalue weighted by Gasteiger charge is 2.32. The molecule has 3 aromatic carbocycles. The standard InChI is InChI=1S/C80H104N8O20/c1-55(2)66(49-65(90)25-30-101-32-34-103-36-38-105-40-42-107-44-43-106-41-39-104-37-35-102-33-31-100-28-9-12-64(89)24-27-88-76(94)22-23-77(88)95)78(96)82-56(3)71(91)45-58-16-20-61(21-17-58)84-79(97)70-47-60(53-85(70)4)59-18-14-57(15-19-59)46-72(92)69-48-62(54-86(69)5)83-75(93)13-10-29-108-74-51-68-67(50-73(74)99-6)80(98)87-26-8-7-11-63(87)52-81-68/h14-23,47-48,50-56,63,66H,7-13,24-46,49H2,1-6H3,(H,82,96)(H,83,93)(H,84,97)/t56-,63-,66-/m0/s1. The van der Waals surface area contributed by atoms with Gasteiger partial charge in [0.25, 0.3) is 23.6 Å². The number of methoxy groups -OCH3 is 1. The normalized spacial score (nSPS) is 14.5. The predicted molar refractivity (Wildman–Crippen MR) is 402 cm³/mol. The number of nitrogens with zero attached hydrogens (tertiary/aromatic N) is 5. The Morgan fingerprint density at radius 3 is 1.74 bits per heavy atom. The monoisotopic (exact) mass is 1500 g/mol.